The van der Waals surface area contributed by atoms with Crippen molar-refractivity contribution in [2.75, 3.05) is 20.2 Å². The van der Waals surface area contributed by atoms with Gasteiger partial charge in [0.25, 0.3) is 0 Å². The van der Waals surface area contributed by atoms with Crippen molar-refractivity contribution in [3.8, 4) is 0 Å². The third-order valence-electron chi connectivity index (χ3n) is 3.30. The van der Waals surface area contributed by atoms with E-state index < -0.39 is 0 Å². The van der Waals surface area contributed by atoms with Gasteiger partial charge in [-0.1, -0.05) is 17.7 Å². The molecular weight excluding hydrogens is 236 g/mol. The molecule has 0 saturated carbocycles. The van der Waals surface area contributed by atoms with Crippen molar-refractivity contribution < 1.29 is 5.11 Å². The smallest absolute Gasteiger partial charge is 0.0588 e. The van der Waals surface area contributed by atoms with Gasteiger partial charge in [0.15, 0.2) is 0 Å². The van der Waals surface area contributed by atoms with E-state index in [4.69, 9.17) is 11.6 Å². The molecule has 2 atom stereocenters. The topological polar surface area (TPSA) is 44.6 Å². The summed E-state index contributed by atoms with van der Waals surface area (Å²) < 4.78 is 0. The normalized spacial score (nSPS) is 23.4. The molecule has 1 aliphatic carbocycles. The molecule has 0 aromatic heterocycles. The quantitative estimate of drug-likeness (QED) is 0.719. The van der Waals surface area contributed by atoms with Gasteiger partial charge in [0.2, 0.25) is 0 Å². The third-order valence-corrected chi connectivity index (χ3v) is 3.65. The molecule has 0 aromatic carbocycles. The first-order valence-electron chi connectivity index (χ1n) is 6.26. The number of aliphatic imine (C=N–C) groups is 1. The molecule has 0 spiro atoms. The predicted octanol–water partition coefficient (Wildman–Crippen LogP) is 2.34. The van der Waals surface area contributed by atoms with Crippen LogP contribution in [0.25, 0.3) is 0 Å². The lowest BCUT2D eigenvalue weighted by atomic mass is 9.94. The predicted molar refractivity (Wildman–Crippen MR) is 73.8 cm³/mol. The second kappa shape index (κ2) is 7.85. The Kier molecular flexibility index (Phi) is 6.78. The van der Waals surface area contributed by atoms with Crippen molar-refractivity contribution in [3.63, 3.8) is 0 Å². The van der Waals surface area contributed by atoms with E-state index >= 15 is 0 Å². The number of aliphatic hydroxyl groups is 1. The molecule has 17 heavy (non-hydrogen) atoms. The van der Waals surface area contributed by atoms with E-state index in [-0.39, 0.29) is 12.6 Å². The molecule has 0 bridgehead atoms. The minimum Gasteiger partial charge on any atom is -0.395 e. The Labute approximate surface area is 109 Å². The summed E-state index contributed by atoms with van der Waals surface area (Å²) in [5, 5.41) is 13.7. The molecule has 3 nitrogen and oxygen atoms in total. The fourth-order valence-electron chi connectivity index (χ4n) is 2.02. The Morgan fingerprint density at radius 1 is 1.71 bits per heavy atom. The first-order chi connectivity index (χ1) is 8.15. The van der Waals surface area contributed by atoms with Gasteiger partial charge >= 0.3 is 0 Å². The summed E-state index contributed by atoms with van der Waals surface area (Å²) in [6, 6.07) is 0.125. The Morgan fingerprint density at radius 2 is 2.47 bits per heavy atom. The van der Waals surface area contributed by atoms with Crippen LogP contribution in [0, 0.1) is 5.92 Å². The molecule has 0 saturated heterocycles. The van der Waals surface area contributed by atoms with E-state index in [9.17, 15) is 5.11 Å². The highest BCUT2D eigenvalue weighted by Gasteiger charge is 2.15. The lowest BCUT2D eigenvalue weighted by Gasteiger charge is -2.23. The molecule has 0 aliphatic heterocycles. The molecule has 0 aromatic rings. The largest absolute Gasteiger partial charge is 0.395 e. The van der Waals surface area contributed by atoms with Gasteiger partial charge in [0.1, 0.15) is 0 Å². The maximum Gasteiger partial charge on any atom is 0.0588 e. The molecule has 0 heterocycles. The summed E-state index contributed by atoms with van der Waals surface area (Å²) >= 11 is 5.94. The van der Waals surface area contributed by atoms with Crippen molar-refractivity contribution in [1.82, 2.24) is 5.32 Å². The molecule has 2 N–H and O–H groups in total. The van der Waals surface area contributed by atoms with E-state index in [2.05, 4.69) is 16.4 Å². The van der Waals surface area contributed by atoms with Gasteiger partial charge in [0, 0.05) is 30.3 Å². The summed E-state index contributed by atoms with van der Waals surface area (Å²) in [5.41, 5.74) is 1.07. The van der Waals surface area contributed by atoms with Gasteiger partial charge in [-0.25, -0.2) is 0 Å². The number of nitrogens with one attached hydrogen (secondary N) is 1. The van der Waals surface area contributed by atoms with Crippen LogP contribution in [0.1, 0.15) is 32.6 Å². The van der Waals surface area contributed by atoms with E-state index in [0.717, 1.165) is 43.0 Å². The highest BCUT2D eigenvalue weighted by atomic mass is 35.5. The Bertz CT molecular complexity index is 289. The molecule has 0 amide bonds. The van der Waals surface area contributed by atoms with Crippen molar-refractivity contribution in [2.24, 2.45) is 10.9 Å². The molecule has 2 unspecified atom stereocenters. The van der Waals surface area contributed by atoms with E-state index in [1.807, 2.05) is 6.92 Å². The fraction of sp³-hybridized carbons (Fsp3) is 0.769. The van der Waals surface area contributed by atoms with E-state index in [0.29, 0.717) is 5.92 Å². The van der Waals surface area contributed by atoms with Gasteiger partial charge in [-0.2, -0.15) is 0 Å². The van der Waals surface area contributed by atoms with Crippen molar-refractivity contribution in [2.45, 2.75) is 38.6 Å². The molecule has 4 heteroatoms. The molecule has 98 valence electrons. The van der Waals surface area contributed by atoms with Crippen LogP contribution in [0.2, 0.25) is 0 Å². The number of hydrogen-bond acceptors (Lipinski definition) is 3. The summed E-state index contributed by atoms with van der Waals surface area (Å²) in [6.07, 6.45) is 6.11. The molecular formula is C13H23ClN2O. The van der Waals surface area contributed by atoms with Crippen molar-refractivity contribution in [3.05, 3.63) is 11.1 Å². The summed E-state index contributed by atoms with van der Waals surface area (Å²) in [4.78, 5) is 4.12. The standard InChI is InChI=1S/C13H23ClN2O/c1-10(15-2)7-13(9-17)16-8-11-3-5-12(14)6-4-11/h5,11,13,16-17H,3-4,6-9H2,1-2H3. The van der Waals surface area contributed by atoms with Gasteiger partial charge in [-0.05, 0) is 38.6 Å². The van der Waals surface area contributed by atoms with E-state index in [1.165, 1.54) is 0 Å². The Morgan fingerprint density at radius 3 is 3.00 bits per heavy atom. The van der Waals surface area contributed by atoms with Gasteiger partial charge in [0.05, 0.1) is 6.61 Å². The van der Waals surface area contributed by atoms with Gasteiger partial charge < -0.3 is 10.4 Å². The first-order valence-corrected chi connectivity index (χ1v) is 6.64. The SMILES string of the molecule is CN=C(C)CC(CO)NCC1CC=C(Cl)CC1. The van der Waals surface area contributed by atoms with Gasteiger partial charge in [-0.3, -0.25) is 4.99 Å². The number of rotatable bonds is 6. The van der Waals surface area contributed by atoms with Crippen LogP contribution in [0.4, 0.5) is 0 Å². The number of allylic oxidation sites excluding steroid dienone is 2. The van der Waals surface area contributed by atoms with Crippen LogP contribution in [0.3, 0.4) is 0 Å². The second-order valence-electron chi connectivity index (χ2n) is 4.74. The summed E-state index contributed by atoms with van der Waals surface area (Å²) in [6.45, 7) is 3.10. The zero-order valence-electron chi connectivity index (χ0n) is 10.7. The number of hydrogen-bond donors (Lipinski definition) is 2. The van der Waals surface area contributed by atoms with Crippen LogP contribution >= 0.6 is 11.6 Å². The van der Waals surface area contributed by atoms with Crippen LogP contribution in [0.5, 0.6) is 0 Å². The molecule has 0 radical (unpaired) electrons. The zero-order valence-corrected chi connectivity index (χ0v) is 11.5. The average molecular weight is 259 g/mol. The maximum absolute atomic E-state index is 9.29. The average Bonchev–Trinajstić information content (AvgIpc) is 2.36. The monoisotopic (exact) mass is 258 g/mol. The first kappa shape index (κ1) is 14.7. The summed E-state index contributed by atoms with van der Waals surface area (Å²) in [5.74, 6) is 0.644. The van der Waals surface area contributed by atoms with Crippen LogP contribution in [-0.4, -0.2) is 37.1 Å². The molecule has 1 aliphatic rings. The molecule has 1 rings (SSSR count). The lowest BCUT2D eigenvalue weighted by Crippen LogP contribution is -2.37. The van der Waals surface area contributed by atoms with Gasteiger partial charge in [-0.15, -0.1) is 0 Å². The maximum atomic E-state index is 9.29. The van der Waals surface area contributed by atoms with Crippen LogP contribution < -0.4 is 5.32 Å². The number of aliphatic hydroxyl groups excluding tert-OH is 1. The number of nitrogens with zero attached hydrogens (tertiary/aromatic N) is 1. The van der Waals surface area contributed by atoms with Crippen molar-refractivity contribution >= 4 is 17.3 Å². The molecule has 0 fully saturated rings. The zero-order chi connectivity index (χ0) is 12.7. The van der Waals surface area contributed by atoms with E-state index in [1.54, 1.807) is 7.05 Å². The summed E-state index contributed by atoms with van der Waals surface area (Å²) in [7, 11) is 1.79. The fourth-order valence-corrected chi connectivity index (χ4v) is 2.22. The Hall–Kier alpha value is -0.380. The minimum atomic E-state index is 0.125. The van der Waals surface area contributed by atoms with Crippen molar-refractivity contribution in [1.29, 1.82) is 0 Å². The minimum absolute atomic E-state index is 0.125. The number of halogens is 1. The Balaban J connectivity index is 2.28. The second-order valence-corrected chi connectivity index (χ2v) is 5.23. The lowest BCUT2D eigenvalue weighted by molar-refractivity contribution is 0.238. The van der Waals surface area contributed by atoms with Crippen LogP contribution in [-0.2, 0) is 0 Å². The van der Waals surface area contributed by atoms with Crippen LogP contribution in [0.15, 0.2) is 16.1 Å². The highest BCUT2D eigenvalue weighted by Crippen LogP contribution is 2.25. The highest BCUT2D eigenvalue weighted by molar-refractivity contribution is 6.29. The third kappa shape index (κ3) is 5.66.